The van der Waals surface area contributed by atoms with Gasteiger partial charge in [-0.15, -0.1) is 0 Å². The SMILES string of the molecule is COc1ccc2c(c1)C13CCN(CCc4ccccc4)C(C2)C1(O)CCC(C)C3. The lowest BCUT2D eigenvalue weighted by Gasteiger charge is -2.64. The number of hydrogen-bond acceptors (Lipinski definition) is 3. The van der Waals surface area contributed by atoms with Crippen molar-refractivity contribution in [1.29, 1.82) is 0 Å². The van der Waals surface area contributed by atoms with E-state index in [0.717, 1.165) is 57.4 Å². The highest BCUT2D eigenvalue weighted by molar-refractivity contribution is 5.48. The molecule has 3 heteroatoms. The van der Waals surface area contributed by atoms with Crippen LogP contribution >= 0.6 is 0 Å². The molecule has 0 spiro atoms. The van der Waals surface area contributed by atoms with Gasteiger partial charge in [-0.2, -0.15) is 0 Å². The van der Waals surface area contributed by atoms with Crippen LogP contribution in [0.3, 0.4) is 0 Å². The van der Waals surface area contributed by atoms with E-state index in [9.17, 15) is 5.11 Å². The summed E-state index contributed by atoms with van der Waals surface area (Å²) < 4.78 is 5.57. The second-order valence-electron chi connectivity index (χ2n) is 9.62. The number of ether oxygens (including phenoxy) is 1. The van der Waals surface area contributed by atoms with Gasteiger partial charge in [0.15, 0.2) is 0 Å². The summed E-state index contributed by atoms with van der Waals surface area (Å²) in [6.45, 7) is 4.46. The first-order chi connectivity index (χ1) is 14.1. The summed E-state index contributed by atoms with van der Waals surface area (Å²) in [6, 6.07) is 17.5. The summed E-state index contributed by atoms with van der Waals surface area (Å²) in [4.78, 5) is 2.59. The van der Waals surface area contributed by atoms with Crippen LogP contribution in [0.4, 0.5) is 0 Å². The molecule has 2 bridgehead atoms. The lowest BCUT2D eigenvalue weighted by molar-refractivity contribution is -0.172. The van der Waals surface area contributed by atoms with Crippen LogP contribution in [-0.4, -0.2) is 41.8 Å². The van der Waals surface area contributed by atoms with Crippen molar-refractivity contribution in [2.45, 2.75) is 62.5 Å². The monoisotopic (exact) mass is 391 g/mol. The summed E-state index contributed by atoms with van der Waals surface area (Å²) in [7, 11) is 1.74. The van der Waals surface area contributed by atoms with Gasteiger partial charge in [0, 0.05) is 18.0 Å². The molecule has 2 aromatic rings. The van der Waals surface area contributed by atoms with Crippen molar-refractivity contribution in [3.05, 3.63) is 65.2 Å². The summed E-state index contributed by atoms with van der Waals surface area (Å²) >= 11 is 0. The van der Waals surface area contributed by atoms with Crippen LogP contribution in [-0.2, 0) is 18.3 Å². The van der Waals surface area contributed by atoms with Crippen LogP contribution in [0.2, 0.25) is 0 Å². The van der Waals surface area contributed by atoms with Gasteiger partial charge in [0.05, 0.1) is 12.7 Å². The Balaban J connectivity index is 1.51. The highest BCUT2D eigenvalue weighted by Crippen LogP contribution is 2.59. The zero-order valence-corrected chi connectivity index (χ0v) is 17.7. The van der Waals surface area contributed by atoms with E-state index in [1.807, 2.05) is 0 Å². The van der Waals surface area contributed by atoms with Gasteiger partial charge in [0.1, 0.15) is 5.75 Å². The predicted octanol–water partition coefficient (Wildman–Crippen LogP) is 4.36. The van der Waals surface area contributed by atoms with Crippen LogP contribution in [0.5, 0.6) is 5.75 Å². The van der Waals surface area contributed by atoms with Gasteiger partial charge < -0.3 is 9.84 Å². The van der Waals surface area contributed by atoms with E-state index >= 15 is 0 Å². The summed E-state index contributed by atoms with van der Waals surface area (Å²) in [5, 5.41) is 12.3. The lowest BCUT2D eigenvalue weighted by atomic mass is 9.48. The fourth-order valence-electron chi connectivity index (χ4n) is 6.65. The molecule has 2 aromatic carbocycles. The lowest BCUT2D eigenvalue weighted by Crippen LogP contribution is -2.73. The summed E-state index contributed by atoms with van der Waals surface area (Å²) in [5.74, 6) is 1.58. The number of piperidine rings is 1. The minimum Gasteiger partial charge on any atom is -0.497 e. The molecule has 1 saturated carbocycles. The molecule has 0 radical (unpaired) electrons. The van der Waals surface area contributed by atoms with Crippen LogP contribution in [0.15, 0.2) is 48.5 Å². The van der Waals surface area contributed by atoms with Gasteiger partial charge in [-0.3, -0.25) is 4.90 Å². The standard InChI is InChI=1S/C26H33NO2/c1-19-10-12-26(28)24-16-21-8-9-22(29-2)17-23(21)25(26,18-19)13-15-27(24)14-11-20-6-4-3-5-7-20/h3-9,17,19,24,28H,10-16,18H2,1-2H3. The summed E-state index contributed by atoms with van der Waals surface area (Å²) in [5.41, 5.74) is 3.41. The number of rotatable bonds is 4. The molecular formula is C26H33NO2. The second kappa shape index (κ2) is 7.14. The number of likely N-dealkylation sites (tertiary alicyclic amines) is 1. The number of benzene rings is 2. The first kappa shape index (κ1) is 19.1. The van der Waals surface area contributed by atoms with Crippen LogP contribution in [0.1, 0.15) is 49.3 Å². The van der Waals surface area contributed by atoms with Crippen LogP contribution in [0, 0.1) is 5.92 Å². The van der Waals surface area contributed by atoms with E-state index in [2.05, 4.69) is 60.4 Å². The van der Waals surface area contributed by atoms with Gasteiger partial charge in [0.25, 0.3) is 0 Å². The molecule has 2 fully saturated rings. The van der Waals surface area contributed by atoms with Gasteiger partial charge in [0.2, 0.25) is 0 Å². The molecule has 1 N–H and O–H groups in total. The van der Waals surface area contributed by atoms with E-state index < -0.39 is 5.60 Å². The minimum absolute atomic E-state index is 0.124. The molecule has 1 aliphatic heterocycles. The molecule has 1 saturated heterocycles. The van der Waals surface area contributed by atoms with Crippen molar-refractivity contribution in [2.24, 2.45) is 5.92 Å². The maximum Gasteiger partial charge on any atom is 0.119 e. The van der Waals surface area contributed by atoms with Crippen molar-refractivity contribution in [3.63, 3.8) is 0 Å². The normalized spacial score (nSPS) is 33.6. The van der Waals surface area contributed by atoms with E-state index in [1.165, 1.54) is 16.7 Å². The van der Waals surface area contributed by atoms with Crippen molar-refractivity contribution in [3.8, 4) is 5.75 Å². The molecule has 29 heavy (non-hydrogen) atoms. The molecule has 2 aliphatic carbocycles. The molecule has 5 rings (SSSR count). The first-order valence-corrected chi connectivity index (χ1v) is 11.2. The molecule has 3 aliphatic rings. The fraction of sp³-hybridized carbons (Fsp3) is 0.538. The topological polar surface area (TPSA) is 32.7 Å². The molecule has 4 unspecified atom stereocenters. The number of fused-ring (bicyclic) bond motifs is 1. The van der Waals surface area contributed by atoms with E-state index in [0.29, 0.717) is 5.92 Å². The van der Waals surface area contributed by atoms with E-state index in [4.69, 9.17) is 4.74 Å². The zero-order valence-electron chi connectivity index (χ0n) is 17.7. The third kappa shape index (κ3) is 2.93. The molecule has 154 valence electrons. The van der Waals surface area contributed by atoms with E-state index in [1.54, 1.807) is 7.11 Å². The molecule has 0 amide bonds. The molecule has 4 atom stereocenters. The molecule has 1 heterocycles. The van der Waals surface area contributed by atoms with Gasteiger partial charge in [-0.1, -0.05) is 43.3 Å². The van der Waals surface area contributed by atoms with Crippen LogP contribution < -0.4 is 4.74 Å². The Morgan fingerprint density at radius 1 is 1.14 bits per heavy atom. The highest BCUT2D eigenvalue weighted by Gasteiger charge is 2.64. The maximum absolute atomic E-state index is 12.3. The predicted molar refractivity (Wildman–Crippen MR) is 116 cm³/mol. The Morgan fingerprint density at radius 2 is 1.97 bits per heavy atom. The minimum atomic E-state index is -0.631. The Morgan fingerprint density at radius 3 is 2.76 bits per heavy atom. The van der Waals surface area contributed by atoms with Crippen LogP contribution in [0.25, 0.3) is 0 Å². The Bertz CT molecular complexity index is 882. The first-order valence-electron chi connectivity index (χ1n) is 11.2. The van der Waals surface area contributed by atoms with Gasteiger partial charge >= 0.3 is 0 Å². The van der Waals surface area contributed by atoms with Gasteiger partial charge in [-0.25, -0.2) is 0 Å². The summed E-state index contributed by atoms with van der Waals surface area (Å²) in [6.07, 6.45) is 6.16. The number of nitrogens with zero attached hydrogens (tertiary/aromatic N) is 1. The number of methoxy groups -OCH3 is 1. The van der Waals surface area contributed by atoms with Crippen molar-refractivity contribution >= 4 is 0 Å². The Hall–Kier alpha value is -1.84. The zero-order chi connectivity index (χ0) is 20.1. The van der Waals surface area contributed by atoms with E-state index in [-0.39, 0.29) is 11.5 Å². The molecule has 0 aromatic heterocycles. The van der Waals surface area contributed by atoms with Crippen molar-refractivity contribution < 1.29 is 9.84 Å². The fourth-order valence-corrected chi connectivity index (χ4v) is 6.65. The molecule has 3 nitrogen and oxygen atoms in total. The quantitative estimate of drug-likeness (QED) is 0.841. The highest BCUT2D eigenvalue weighted by atomic mass is 16.5. The third-order valence-corrected chi connectivity index (χ3v) is 8.14. The van der Waals surface area contributed by atoms with Crippen molar-refractivity contribution in [2.75, 3.05) is 20.2 Å². The number of hydrogen-bond donors (Lipinski definition) is 1. The van der Waals surface area contributed by atoms with Crippen molar-refractivity contribution in [1.82, 2.24) is 4.90 Å². The average Bonchev–Trinajstić information content (AvgIpc) is 2.74. The molecular weight excluding hydrogens is 358 g/mol. The smallest absolute Gasteiger partial charge is 0.119 e. The average molecular weight is 392 g/mol. The number of aliphatic hydroxyl groups is 1. The Kier molecular flexibility index (Phi) is 4.71. The maximum atomic E-state index is 12.3. The Labute approximate surface area is 174 Å². The largest absolute Gasteiger partial charge is 0.497 e. The third-order valence-electron chi connectivity index (χ3n) is 8.14. The second-order valence-corrected chi connectivity index (χ2v) is 9.62. The van der Waals surface area contributed by atoms with Gasteiger partial charge in [-0.05, 0) is 79.8 Å².